The number of hydrogen-bond donors (Lipinski definition) is 2. The Kier molecular flexibility index (Phi) is 3.00. The minimum absolute atomic E-state index is 0.185. The predicted molar refractivity (Wildman–Crippen MR) is 76.6 cm³/mol. The minimum Gasteiger partial charge on any atom is -0.408 e. The lowest BCUT2D eigenvalue weighted by atomic mass is 10.1. The molecule has 19 heavy (non-hydrogen) atoms. The van der Waals surface area contributed by atoms with Crippen LogP contribution < -0.4 is 11.5 Å². The van der Waals surface area contributed by atoms with E-state index in [9.17, 15) is 4.79 Å². The molecule has 0 amide bonds. The fourth-order valence-corrected chi connectivity index (χ4v) is 3.05. The van der Waals surface area contributed by atoms with Gasteiger partial charge in [0.15, 0.2) is 5.58 Å². The number of thiophene rings is 1. The molecular formula is C14H14N2O2S. The SMILES string of the molecule is CCc1ccc(C(N)c2ccc3[nH]c(=O)oc3c2)s1. The molecule has 5 heteroatoms. The number of aromatic amines is 1. The van der Waals surface area contributed by atoms with Crippen LogP contribution in [0.2, 0.25) is 0 Å². The Bertz CT molecular complexity index is 769. The van der Waals surface area contributed by atoms with Gasteiger partial charge in [-0.05, 0) is 36.2 Å². The predicted octanol–water partition coefficient (Wildman–Crippen LogP) is 2.79. The van der Waals surface area contributed by atoms with Gasteiger partial charge >= 0.3 is 5.76 Å². The van der Waals surface area contributed by atoms with Gasteiger partial charge in [0.2, 0.25) is 0 Å². The maximum absolute atomic E-state index is 11.1. The Morgan fingerprint density at radius 3 is 2.95 bits per heavy atom. The molecular weight excluding hydrogens is 260 g/mol. The molecule has 3 rings (SSSR count). The van der Waals surface area contributed by atoms with Crippen molar-refractivity contribution < 1.29 is 4.42 Å². The molecule has 3 N–H and O–H groups in total. The summed E-state index contributed by atoms with van der Waals surface area (Å²) in [5, 5.41) is 0. The molecule has 1 aromatic carbocycles. The van der Waals surface area contributed by atoms with Crippen LogP contribution in [0.25, 0.3) is 11.1 Å². The highest BCUT2D eigenvalue weighted by Gasteiger charge is 2.13. The van der Waals surface area contributed by atoms with Crippen LogP contribution in [0.5, 0.6) is 0 Å². The summed E-state index contributed by atoms with van der Waals surface area (Å²) in [6.07, 6.45) is 1.02. The summed E-state index contributed by atoms with van der Waals surface area (Å²) >= 11 is 1.72. The number of nitrogens with two attached hydrogens (primary N) is 1. The van der Waals surface area contributed by atoms with Crippen LogP contribution in [-0.2, 0) is 6.42 Å². The molecule has 1 atom stereocenters. The van der Waals surface area contributed by atoms with Crippen molar-refractivity contribution in [2.24, 2.45) is 5.73 Å². The molecule has 0 fully saturated rings. The maximum atomic E-state index is 11.1. The molecule has 1 unspecified atom stereocenters. The van der Waals surface area contributed by atoms with Crippen molar-refractivity contribution in [2.75, 3.05) is 0 Å². The van der Waals surface area contributed by atoms with Crippen molar-refractivity contribution in [2.45, 2.75) is 19.4 Å². The second kappa shape index (κ2) is 4.68. The first-order valence-corrected chi connectivity index (χ1v) is 6.96. The van der Waals surface area contributed by atoms with E-state index in [1.165, 1.54) is 4.88 Å². The monoisotopic (exact) mass is 274 g/mol. The number of H-pyrrole nitrogens is 1. The first-order valence-electron chi connectivity index (χ1n) is 6.14. The third kappa shape index (κ3) is 2.22. The van der Waals surface area contributed by atoms with E-state index < -0.39 is 5.76 Å². The topological polar surface area (TPSA) is 72.0 Å². The number of aromatic nitrogens is 1. The van der Waals surface area contributed by atoms with Gasteiger partial charge in [-0.25, -0.2) is 4.79 Å². The Morgan fingerprint density at radius 2 is 2.21 bits per heavy atom. The van der Waals surface area contributed by atoms with Crippen LogP contribution in [0.15, 0.2) is 39.5 Å². The molecule has 0 spiro atoms. The number of benzene rings is 1. The average Bonchev–Trinajstić information content (AvgIpc) is 3.01. The van der Waals surface area contributed by atoms with Crippen molar-refractivity contribution >= 4 is 22.4 Å². The molecule has 0 aliphatic rings. The average molecular weight is 274 g/mol. The van der Waals surface area contributed by atoms with E-state index in [4.69, 9.17) is 10.2 Å². The number of nitrogens with one attached hydrogen (secondary N) is 1. The number of aryl methyl sites for hydroxylation is 1. The first-order chi connectivity index (χ1) is 9.17. The first kappa shape index (κ1) is 12.2. The van der Waals surface area contributed by atoms with Crippen LogP contribution >= 0.6 is 11.3 Å². The zero-order chi connectivity index (χ0) is 13.4. The van der Waals surface area contributed by atoms with E-state index in [0.29, 0.717) is 11.1 Å². The molecule has 3 aromatic rings. The van der Waals surface area contributed by atoms with Gasteiger partial charge < -0.3 is 10.2 Å². The molecule has 2 heterocycles. The van der Waals surface area contributed by atoms with Gasteiger partial charge in [0.1, 0.15) is 0 Å². The number of oxazole rings is 1. The third-order valence-corrected chi connectivity index (χ3v) is 4.45. The zero-order valence-electron chi connectivity index (χ0n) is 10.5. The summed E-state index contributed by atoms with van der Waals surface area (Å²) in [6.45, 7) is 2.13. The summed E-state index contributed by atoms with van der Waals surface area (Å²) in [5.74, 6) is -0.440. The molecule has 0 aliphatic carbocycles. The highest BCUT2D eigenvalue weighted by molar-refractivity contribution is 7.12. The number of fused-ring (bicyclic) bond motifs is 1. The molecule has 2 aromatic heterocycles. The largest absolute Gasteiger partial charge is 0.417 e. The second-order valence-electron chi connectivity index (χ2n) is 4.41. The van der Waals surface area contributed by atoms with Gasteiger partial charge in [-0.2, -0.15) is 0 Å². The molecule has 4 nitrogen and oxygen atoms in total. The normalized spacial score (nSPS) is 12.9. The highest BCUT2D eigenvalue weighted by Crippen LogP contribution is 2.28. The summed E-state index contributed by atoms with van der Waals surface area (Å²) < 4.78 is 5.06. The van der Waals surface area contributed by atoms with Crippen molar-refractivity contribution in [3.63, 3.8) is 0 Å². The summed E-state index contributed by atoms with van der Waals surface area (Å²) in [6, 6.07) is 9.55. The van der Waals surface area contributed by atoms with Crippen molar-refractivity contribution in [1.29, 1.82) is 0 Å². The minimum atomic E-state index is -0.440. The smallest absolute Gasteiger partial charge is 0.408 e. The lowest BCUT2D eigenvalue weighted by molar-refractivity contribution is 0.555. The van der Waals surface area contributed by atoms with E-state index in [1.54, 1.807) is 11.3 Å². The van der Waals surface area contributed by atoms with E-state index in [1.807, 2.05) is 18.2 Å². The summed E-state index contributed by atoms with van der Waals surface area (Å²) in [4.78, 5) is 16.2. The van der Waals surface area contributed by atoms with Gasteiger partial charge in [0.05, 0.1) is 11.6 Å². The zero-order valence-corrected chi connectivity index (χ0v) is 11.3. The van der Waals surface area contributed by atoms with E-state index in [0.717, 1.165) is 16.9 Å². The van der Waals surface area contributed by atoms with Crippen LogP contribution in [0.3, 0.4) is 0 Å². The quantitative estimate of drug-likeness (QED) is 0.771. The molecule has 0 radical (unpaired) electrons. The molecule has 0 saturated carbocycles. The van der Waals surface area contributed by atoms with Gasteiger partial charge in [-0.3, -0.25) is 4.98 Å². The maximum Gasteiger partial charge on any atom is 0.417 e. The molecule has 0 saturated heterocycles. The number of rotatable bonds is 3. The number of hydrogen-bond acceptors (Lipinski definition) is 4. The van der Waals surface area contributed by atoms with E-state index in [-0.39, 0.29) is 6.04 Å². The molecule has 98 valence electrons. The Hall–Kier alpha value is -1.85. The van der Waals surface area contributed by atoms with Gasteiger partial charge in [0.25, 0.3) is 0 Å². The summed E-state index contributed by atoms with van der Waals surface area (Å²) in [7, 11) is 0. The molecule has 0 aliphatic heterocycles. The Labute approximate surface area is 113 Å². The van der Waals surface area contributed by atoms with Gasteiger partial charge in [-0.1, -0.05) is 13.0 Å². The molecule has 0 bridgehead atoms. The van der Waals surface area contributed by atoms with E-state index in [2.05, 4.69) is 24.0 Å². The Morgan fingerprint density at radius 1 is 1.37 bits per heavy atom. The van der Waals surface area contributed by atoms with Crippen molar-refractivity contribution in [3.05, 3.63) is 56.2 Å². The van der Waals surface area contributed by atoms with Gasteiger partial charge in [0, 0.05) is 9.75 Å². The Balaban J connectivity index is 2.00. The van der Waals surface area contributed by atoms with Gasteiger partial charge in [-0.15, -0.1) is 11.3 Å². The second-order valence-corrected chi connectivity index (χ2v) is 5.61. The summed E-state index contributed by atoms with van der Waals surface area (Å²) in [5.41, 5.74) is 8.45. The van der Waals surface area contributed by atoms with Crippen molar-refractivity contribution in [1.82, 2.24) is 4.98 Å². The lowest BCUT2D eigenvalue weighted by Gasteiger charge is -2.09. The third-order valence-electron chi connectivity index (χ3n) is 3.14. The fraction of sp³-hybridized carbons (Fsp3) is 0.214. The van der Waals surface area contributed by atoms with Crippen molar-refractivity contribution in [3.8, 4) is 0 Å². The van der Waals surface area contributed by atoms with Crippen LogP contribution in [-0.4, -0.2) is 4.98 Å². The van der Waals surface area contributed by atoms with Crippen LogP contribution in [0, 0.1) is 0 Å². The van der Waals surface area contributed by atoms with Crippen LogP contribution in [0.4, 0.5) is 0 Å². The highest BCUT2D eigenvalue weighted by atomic mass is 32.1. The standard InChI is InChI=1S/C14H14N2O2S/c1-2-9-4-6-12(19-9)13(15)8-3-5-10-11(7-8)18-14(17)16-10/h3-7,13H,2,15H2,1H3,(H,16,17). The van der Waals surface area contributed by atoms with Crippen LogP contribution in [0.1, 0.15) is 28.3 Å². The van der Waals surface area contributed by atoms with E-state index >= 15 is 0 Å². The lowest BCUT2D eigenvalue weighted by Crippen LogP contribution is -2.09. The fourth-order valence-electron chi connectivity index (χ4n) is 2.07.